The van der Waals surface area contributed by atoms with E-state index in [1.165, 1.54) is 6.08 Å². The molecule has 0 aliphatic rings. The Kier molecular flexibility index (Phi) is 6.15. The number of amides is 1. The van der Waals surface area contributed by atoms with Gasteiger partial charge in [-0.05, 0) is 29.2 Å². The Morgan fingerprint density at radius 3 is 2.57 bits per heavy atom. The number of carbonyl (C=O) groups excluding carboxylic acids is 1. The van der Waals surface area contributed by atoms with Gasteiger partial charge in [0, 0.05) is 16.6 Å². The topological polar surface area (TPSA) is 66.4 Å². The molecule has 0 aromatic heterocycles. The Hall–Kier alpha value is -1.62. The Labute approximate surface area is 133 Å². The molecule has 4 nitrogen and oxygen atoms in total. The molecule has 1 aromatic carbocycles. The van der Waals surface area contributed by atoms with Crippen molar-refractivity contribution in [3.8, 4) is 0 Å². The minimum atomic E-state index is -0.925. The molecule has 1 amide bonds. The smallest absolute Gasteiger partial charge is 0.305 e. The maximum atomic E-state index is 11.9. The quantitative estimate of drug-likeness (QED) is 0.796. The van der Waals surface area contributed by atoms with Gasteiger partial charge in [-0.15, -0.1) is 0 Å². The molecule has 1 atom stereocenters. The number of carbonyl (C=O) groups is 2. The van der Waals surface area contributed by atoms with E-state index in [1.807, 2.05) is 45.0 Å². The number of carboxylic acid groups (broad SMARTS) is 1. The number of hydrogen-bond donors (Lipinski definition) is 2. The molecule has 0 aliphatic heterocycles. The van der Waals surface area contributed by atoms with Crippen LogP contribution in [0.1, 0.15) is 32.8 Å². The van der Waals surface area contributed by atoms with Crippen LogP contribution < -0.4 is 5.32 Å². The van der Waals surface area contributed by atoms with Gasteiger partial charge in [0.2, 0.25) is 5.91 Å². The van der Waals surface area contributed by atoms with Crippen LogP contribution >= 0.6 is 15.9 Å². The normalized spacial score (nSPS) is 13.1. The van der Waals surface area contributed by atoms with Crippen LogP contribution in [-0.2, 0) is 9.59 Å². The SMILES string of the molecule is CC(C)(C)C(CC(=O)O)NC(=O)/C=C/c1cccc(Br)c1. The predicted molar refractivity (Wildman–Crippen MR) is 86.8 cm³/mol. The van der Waals surface area contributed by atoms with Crippen molar-refractivity contribution in [1.82, 2.24) is 5.32 Å². The number of nitrogens with one attached hydrogen (secondary N) is 1. The summed E-state index contributed by atoms with van der Waals surface area (Å²) in [5, 5.41) is 11.7. The highest BCUT2D eigenvalue weighted by Gasteiger charge is 2.27. The zero-order valence-corrected chi connectivity index (χ0v) is 14.0. The lowest BCUT2D eigenvalue weighted by Gasteiger charge is -2.29. The fourth-order valence-corrected chi connectivity index (χ4v) is 2.17. The molecule has 0 heterocycles. The molecule has 0 saturated carbocycles. The molecule has 0 radical (unpaired) electrons. The third kappa shape index (κ3) is 6.58. The minimum Gasteiger partial charge on any atom is -0.481 e. The predicted octanol–water partition coefficient (Wildman–Crippen LogP) is 3.47. The van der Waals surface area contributed by atoms with Gasteiger partial charge in [0.05, 0.1) is 6.42 Å². The second-order valence-electron chi connectivity index (χ2n) is 5.91. The zero-order valence-electron chi connectivity index (χ0n) is 12.4. The molecule has 0 fully saturated rings. The van der Waals surface area contributed by atoms with Crippen LogP contribution in [-0.4, -0.2) is 23.0 Å². The van der Waals surface area contributed by atoms with Crippen LogP contribution in [0.25, 0.3) is 6.08 Å². The van der Waals surface area contributed by atoms with Crippen LogP contribution in [0.5, 0.6) is 0 Å². The van der Waals surface area contributed by atoms with Crippen molar-refractivity contribution < 1.29 is 14.7 Å². The first-order valence-electron chi connectivity index (χ1n) is 6.64. The summed E-state index contributed by atoms with van der Waals surface area (Å²) in [7, 11) is 0. The molecular formula is C16H20BrNO3. The summed E-state index contributed by atoms with van der Waals surface area (Å²) in [6.45, 7) is 5.71. The van der Waals surface area contributed by atoms with Crippen molar-refractivity contribution in [3.05, 3.63) is 40.4 Å². The Morgan fingerprint density at radius 2 is 2.05 bits per heavy atom. The van der Waals surface area contributed by atoms with Crippen molar-refractivity contribution in [2.75, 3.05) is 0 Å². The van der Waals surface area contributed by atoms with Gasteiger partial charge >= 0.3 is 5.97 Å². The first-order valence-corrected chi connectivity index (χ1v) is 7.44. The van der Waals surface area contributed by atoms with E-state index in [4.69, 9.17) is 5.11 Å². The largest absolute Gasteiger partial charge is 0.481 e. The van der Waals surface area contributed by atoms with Gasteiger partial charge in [-0.25, -0.2) is 0 Å². The molecule has 21 heavy (non-hydrogen) atoms. The lowest BCUT2D eigenvalue weighted by molar-refractivity contribution is -0.138. The number of hydrogen-bond acceptors (Lipinski definition) is 2. The van der Waals surface area contributed by atoms with E-state index in [0.717, 1.165) is 10.0 Å². The van der Waals surface area contributed by atoms with E-state index in [2.05, 4.69) is 21.2 Å². The highest BCUT2D eigenvalue weighted by molar-refractivity contribution is 9.10. The zero-order chi connectivity index (χ0) is 16.0. The van der Waals surface area contributed by atoms with Gasteiger partial charge in [-0.1, -0.05) is 48.8 Å². The highest BCUT2D eigenvalue weighted by atomic mass is 79.9. The minimum absolute atomic E-state index is 0.0973. The molecule has 114 valence electrons. The van der Waals surface area contributed by atoms with Gasteiger partial charge in [0.25, 0.3) is 0 Å². The molecule has 5 heteroatoms. The molecule has 0 bridgehead atoms. The maximum Gasteiger partial charge on any atom is 0.305 e. The Bertz CT molecular complexity index is 547. The van der Waals surface area contributed by atoms with E-state index >= 15 is 0 Å². The van der Waals surface area contributed by atoms with Crippen molar-refractivity contribution in [1.29, 1.82) is 0 Å². The van der Waals surface area contributed by atoms with E-state index in [0.29, 0.717) is 0 Å². The van der Waals surface area contributed by atoms with Gasteiger partial charge < -0.3 is 10.4 Å². The number of aliphatic carboxylic acids is 1. The molecule has 1 rings (SSSR count). The number of rotatable bonds is 5. The summed E-state index contributed by atoms with van der Waals surface area (Å²) in [5.74, 6) is -1.22. The molecular weight excluding hydrogens is 334 g/mol. The van der Waals surface area contributed by atoms with Gasteiger partial charge in [0.1, 0.15) is 0 Å². The van der Waals surface area contributed by atoms with Crippen LogP contribution in [0, 0.1) is 5.41 Å². The average molecular weight is 354 g/mol. The first-order chi connectivity index (χ1) is 9.68. The standard InChI is InChI=1S/C16H20BrNO3/c1-16(2,3)13(10-15(20)21)18-14(19)8-7-11-5-4-6-12(17)9-11/h4-9,13H,10H2,1-3H3,(H,18,19)(H,20,21)/b8-7+. The highest BCUT2D eigenvalue weighted by Crippen LogP contribution is 2.22. The number of halogens is 1. The fourth-order valence-electron chi connectivity index (χ4n) is 1.75. The second-order valence-corrected chi connectivity index (χ2v) is 6.83. The lowest BCUT2D eigenvalue weighted by atomic mass is 9.84. The summed E-state index contributed by atoms with van der Waals surface area (Å²) in [6.07, 6.45) is 3.02. The molecule has 0 aliphatic carbocycles. The Morgan fingerprint density at radius 1 is 1.38 bits per heavy atom. The van der Waals surface area contributed by atoms with Crippen LogP contribution in [0.3, 0.4) is 0 Å². The van der Waals surface area contributed by atoms with E-state index in [-0.39, 0.29) is 17.7 Å². The van der Waals surface area contributed by atoms with Crippen molar-refractivity contribution in [2.45, 2.75) is 33.2 Å². The monoisotopic (exact) mass is 353 g/mol. The summed E-state index contributed by atoms with van der Waals surface area (Å²) < 4.78 is 0.934. The van der Waals surface area contributed by atoms with E-state index < -0.39 is 12.0 Å². The molecule has 2 N–H and O–H groups in total. The number of benzene rings is 1. The molecule has 0 saturated heterocycles. The Balaban J connectivity index is 2.72. The van der Waals surface area contributed by atoms with E-state index in [9.17, 15) is 9.59 Å². The maximum absolute atomic E-state index is 11.9. The summed E-state index contributed by atoms with van der Waals surface area (Å²) in [4.78, 5) is 22.8. The summed E-state index contributed by atoms with van der Waals surface area (Å²) in [6, 6.07) is 7.13. The van der Waals surface area contributed by atoms with Crippen LogP contribution in [0.4, 0.5) is 0 Å². The molecule has 1 aromatic rings. The van der Waals surface area contributed by atoms with E-state index in [1.54, 1.807) is 6.08 Å². The summed E-state index contributed by atoms with van der Waals surface area (Å²) in [5.41, 5.74) is 0.572. The second kappa shape index (κ2) is 7.41. The van der Waals surface area contributed by atoms with Gasteiger partial charge in [-0.3, -0.25) is 9.59 Å². The van der Waals surface area contributed by atoms with Gasteiger partial charge in [0.15, 0.2) is 0 Å². The molecule has 1 unspecified atom stereocenters. The fraction of sp³-hybridized carbons (Fsp3) is 0.375. The van der Waals surface area contributed by atoms with Crippen molar-refractivity contribution in [2.24, 2.45) is 5.41 Å². The summed E-state index contributed by atoms with van der Waals surface area (Å²) >= 11 is 3.36. The third-order valence-corrected chi connectivity index (χ3v) is 3.51. The average Bonchev–Trinajstić information content (AvgIpc) is 2.34. The van der Waals surface area contributed by atoms with Crippen molar-refractivity contribution in [3.63, 3.8) is 0 Å². The number of carboxylic acids is 1. The van der Waals surface area contributed by atoms with Gasteiger partial charge in [-0.2, -0.15) is 0 Å². The van der Waals surface area contributed by atoms with Crippen LogP contribution in [0.2, 0.25) is 0 Å². The first kappa shape index (κ1) is 17.4. The third-order valence-electron chi connectivity index (χ3n) is 3.02. The molecule has 0 spiro atoms. The lowest BCUT2D eigenvalue weighted by Crippen LogP contribution is -2.44. The van der Waals surface area contributed by atoms with Crippen molar-refractivity contribution >= 4 is 33.9 Å². The van der Waals surface area contributed by atoms with Crippen LogP contribution in [0.15, 0.2) is 34.8 Å².